The second-order valence-corrected chi connectivity index (χ2v) is 11.4. The van der Waals surface area contributed by atoms with E-state index in [-0.39, 0.29) is 40.7 Å². The fourth-order valence-electron chi connectivity index (χ4n) is 5.36. The summed E-state index contributed by atoms with van der Waals surface area (Å²) in [5.74, 6) is 0.287. The Hall–Kier alpha value is -1.97. The minimum Gasteiger partial charge on any atom is -0.376 e. The third-order valence-electron chi connectivity index (χ3n) is 7.22. The van der Waals surface area contributed by atoms with E-state index >= 15 is 0 Å². The molecule has 2 heterocycles. The van der Waals surface area contributed by atoms with Crippen LogP contribution in [0.25, 0.3) is 0 Å². The van der Waals surface area contributed by atoms with Crippen molar-refractivity contribution < 1.29 is 22.7 Å². The molecule has 2 fully saturated rings. The highest BCUT2D eigenvalue weighted by molar-refractivity contribution is 7.89. The maximum absolute atomic E-state index is 12.9. The van der Waals surface area contributed by atoms with Crippen molar-refractivity contribution in [1.29, 1.82) is 0 Å². The summed E-state index contributed by atoms with van der Waals surface area (Å²) >= 11 is 0. The lowest BCUT2D eigenvalue weighted by molar-refractivity contribution is -0.126. The molecule has 1 aromatic rings. The van der Waals surface area contributed by atoms with Crippen LogP contribution < -0.4 is 14.9 Å². The quantitative estimate of drug-likeness (QED) is 0.627. The summed E-state index contributed by atoms with van der Waals surface area (Å²) in [6.07, 6.45) is 6.08. The number of sulfonamides is 1. The summed E-state index contributed by atoms with van der Waals surface area (Å²) in [7, 11) is -3.63. The molecule has 182 valence electrons. The monoisotopic (exact) mass is 477 g/mol. The Morgan fingerprint density at radius 3 is 2.55 bits per heavy atom. The largest absolute Gasteiger partial charge is 0.376 e. The van der Waals surface area contributed by atoms with E-state index in [0.717, 1.165) is 56.4 Å². The molecule has 0 unspecified atom stereocenters. The van der Waals surface area contributed by atoms with Crippen molar-refractivity contribution in [1.82, 2.24) is 10.0 Å². The molecular formula is C24H35N3O5S. The minimum atomic E-state index is -3.63. The van der Waals surface area contributed by atoms with Gasteiger partial charge in [0, 0.05) is 44.3 Å². The first kappa shape index (κ1) is 24.2. The molecule has 1 aromatic carbocycles. The predicted molar refractivity (Wildman–Crippen MR) is 125 cm³/mol. The van der Waals surface area contributed by atoms with Gasteiger partial charge in [0.1, 0.15) is 0 Å². The van der Waals surface area contributed by atoms with Gasteiger partial charge in [-0.25, -0.2) is 13.1 Å². The van der Waals surface area contributed by atoms with Crippen LogP contribution in [0.4, 0.5) is 5.69 Å². The number of anilines is 1. The van der Waals surface area contributed by atoms with Crippen LogP contribution in [0.3, 0.4) is 0 Å². The van der Waals surface area contributed by atoms with Gasteiger partial charge in [0.05, 0.1) is 11.0 Å². The minimum absolute atomic E-state index is 0.00202. The van der Waals surface area contributed by atoms with Gasteiger partial charge in [0.2, 0.25) is 21.8 Å². The molecule has 0 spiro atoms. The van der Waals surface area contributed by atoms with Crippen molar-refractivity contribution in [2.75, 3.05) is 24.6 Å². The Morgan fingerprint density at radius 1 is 1.12 bits per heavy atom. The Balaban J connectivity index is 1.26. The van der Waals surface area contributed by atoms with Crippen LogP contribution in [0.15, 0.2) is 23.1 Å². The van der Waals surface area contributed by atoms with Gasteiger partial charge < -0.3 is 15.0 Å². The molecule has 33 heavy (non-hydrogen) atoms. The van der Waals surface area contributed by atoms with Gasteiger partial charge in [-0.2, -0.15) is 0 Å². The zero-order valence-corrected chi connectivity index (χ0v) is 20.3. The Morgan fingerprint density at radius 2 is 1.88 bits per heavy atom. The standard InChI is InChI=1S/C24H35N3O5S/c1-16-12-20-13-22(9-10-23(20)27(16)17(2)28)33(30,31)26-14-18-5-7-19(8-6-18)24(29)25-15-21-4-3-11-32-21/h9-10,13,16,18-19,21,26H,3-8,11-12,14-15H2,1-2H3,(H,25,29)/t16-,18?,19?,21+/m0/s1. The molecule has 9 heteroatoms. The van der Waals surface area contributed by atoms with Gasteiger partial charge in [-0.15, -0.1) is 0 Å². The lowest BCUT2D eigenvalue weighted by Gasteiger charge is -2.28. The first-order valence-electron chi connectivity index (χ1n) is 12.1. The fraction of sp³-hybridized carbons (Fsp3) is 0.667. The number of nitrogens with one attached hydrogen (secondary N) is 2. The SMILES string of the molecule is CC(=O)N1c2ccc(S(=O)(=O)NCC3CCC(C(=O)NC[C@H]4CCCO4)CC3)cc2C[C@@H]1C. The van der Waals surface area contributed by atoms with E-state index < -0.39 is 10.0 Å². The number of carbonyl (C=O) groups excluding carboxylic acids is 2. The maximum atomic E-state index is 12.9. The number of ether oxygens (including phenoxy) is 1. The van der Waals surface area contributed by atoms with Crippen LogP contribution in [0.2, 0.25) is 0 Å². The van der Waals surface area contributed by atoms with E-state index in [0.29, 0.717) is 19.5 Å². The van der Waals surface area contributed by atoms with E-state index in [1.807, 2.05) is 6.92 Å². The van der Waals surface area contributed by atoms with E-state index in [9.17, 15) is 18.0 Å². The summed E-state index contributed by atoms with van der Waals surface area (Å²) in [5.41, 5.74) is 1.68. The maximum Gasteiger partial charge on any atom is 0.240 e. The summed E-state index contributed by atoms with van der Waals surface area (Å²) in [5, 5.41) is 3.02. The number of hydrogen-bond acceptors (Lipinski definition) is 5. The van der Waals surface area contributed by atoms with Crippen LogP contribution in [0.1, 0.15) is 57.9 Å². The van der Waals surface area contributed by atoms with Crippen LogP contribution in [0.5, 0.6) is 0 Å². The smallest absolute Gasteiger partial charge is 0.240 e. The molecule has 0 radical (unpaired) electrons. The zero-order chi connectivity index (χ0) is 23.6. The molecule has 4 rings (SSSR count). The first-order valence-corrected chi connectivity index (χ1v) is 13.5. The van der Waals surface area contributed by atoms with Gasteiger partial charge in [-0.1, -0.05) is 0 Å². The summed E-state index contributed by atoms with van der Waals surface area (Å²) in [4.78, 5) is 26.3. The Bertz CT molecular complexity index is 982. The molecule has 2 amide bonds. The van der Waals surface area contributed by atoms with Gasteiger partial charge >= 0.3 is 0 Å². The highest BCUT2D eigenvalue weighted by Crippen LogP contribution is 2.34. The van der Waals surface area contributed by atoms with Gasteiger partial charge in [-0.05, 0) is 81.5 Å². The predicted octanol–water partition coefficient (Wildman–Crippen LogP) is 2.36. The molecule has 2 atom stereocenters. The first-order chi connectivity index (χ1) is 15.7. The van der Waals surface area contributed by atoms with E-state index in [2.05, 4.69) is 10.0 Å². The molecule has 8 nitrogen and oxygen atoms in total. The number of fused-ring (bicyclic) bond motifs is 1. The van der Waals surface area contributed by atoms with Gasteiger partial charge in [0.25, 0.3) is 0 Å². The number of nitrogens with zero attached hydrogens (tertiary/aromatic N) is 1. The molecule has 1 saturated carbocycles. The van der Waals surface area contributed by atoms with E-state index in [1.165, 1.54) is 6.92 Å². The lowest BCUT2D eigenvalue weighted by Crippen LogP contribution is -2.38. The zero-order valence-electron chi connectivity index (χ0n) is 19.5. The Kier molecular flexibility index (Phi) is 7.40. The fourth-order valence-corrected chi connectivity index (χ4v) is 6.52. The normalized spacial score (nSPS) is 27.4. The van der Waals surface area contributed by atoms with Crippen molar-refractivity contribution in [2.24, 2.45) is 11.8 Å². The van der Waals surface area contributed by atoms with Crippen molar-refractivity contribution in [3.8, 4) is 0 Å². The molecule has 2 N–H and O–H groups in total. The lowest BCUT2D eigenvalue weighted by atomic mass is 9.81. The second-order valence-electron chi connectivity index (χ2n) is 9.68. The summed E-state index contributed by atoms with van der Waals surface area (Å²) < 4.78 is 34.1. The molecular weight excluding hydrogens is 442 g/mol. The van der Waals surface area contributed by atoms with E-state index in [4.69, 9.17) is 4.74 Å². The average molecular weight is 478 g/mol. The number of benzene rings is 1. The second kappa shape index (κ2) is 10.1. The van der Waals surface area contributed by atoms with Crippen molar-refractivity contribution in [3.05, 3.63) is 23.8 Å². The highest BCUT2D eigenvalue weighted by atomic mass is 32.2. The molecule has 0 bridgehead atoms. The molecule has 3 aliphatic rings. The molecule has 0 aromatic heterocycles. The molecule has 1 saturated heterocycles. The third-order valence-corrected chi connectivity index (χ3v) is 8.64. The number of hydrogen-bond donors (Lipinski definition) is 2. The van der Waals surface area contributed by atoms with Crippen molar-refractivity contribution in [2.45, 2.75) is 75.8 Å². The highest BCUT2D eigenvalue weighted by Gasteiger charge is 2.31. The Labute approximate surface area is 196 Å². The number of rotatable bonds is 7. The summed E-state index contributed by atoms with van der Waals surface area (Å²) in [6.45, 7) is 5.23. The number of carbonyl (C=O) groups is 2. The van der Waals surface area contributed by atoms with Gasteiger partial charge in [-0.3, -0.25) is 9.59 Å². The van der Waals surface area contributed by atoms with Crippen molar-refractivity contribution >= 4 is 27.5 Å². The van der Waals surface area contributed by atoms with Crippen LogP contribution in [0, 0.1) is 11.8 Å². The molecule has 2 aliphatic heterocycles. The summed E-state index contributed by atoms with van der Waals surface area (Å²) in [6, 6.07) is 5.02. The third kappa shape index (κ3) is 5.58. The topological polar surface area (TPSA) is 105 Å². The van der Waals surface area contributed by atoms with Crippen molar-refractivity contribution in [3.63, 3.8) is 0 Å². The van der Waals surface area contributed by atoms with E-state index in [1.54, 1.807) is 23.1 Å². The van der Waals surface area contributed by atoms with Crippen LogP contribution in [-0.2, 0) is 30.8 Å². The molecule has 1 aliphatic carbocycles. The van der Waals surface area contributed by atoms with Crippen LogP contribution in [-0.4, -0.2) is 52.1 Å². The van der Waals surface area contributed by atoms with Gasteiger partial charge in [0.15, 0.2) is 0 Å². The van der Waals surface area contributed by atoms with Crippen LogP contribution >= 0.6 is 0 Å². The number of amides is 2. The average Bonchev–Trinajstić information content (AvgIpc) is 3.42.